The molecule has 0 saturated heterocycles. The minimum atomic E-state index is -0.139. The van der Waals surface area contributed by atoms with Crippen molar-refractivity contribution in [1.82, 2.24) is 24.9 Å². The fourth-order valence-electron chi connectivity index (χ4n) is 1.83. The lowest BCUT2D eigenvalue weighted by Gasteiger charge is -2.10. The molecule has 3 aromatic rings. The van der Waals surface area contributed by atoms with E-state index in [1.807, 2.05) is 55.7 Å². The minimum Gasteiger partial charge on any atom is -0.339 e. The van der Waals surface area contributed by atoms with E-state index in [0.29, 0.717) is 17.5 Å². The van der Waals surface area contributed by atoms with E-state index in [4.69, 9.17) is 4.52 Å². The van der Waals surface area contributed by atoms with Gasteiger partial charge in [-0.3, -0.25) is 4.57 Å². The number of rotatable bonds is 4. The predicted octanol–water partition coefficient (Wildman–Crippen LogP) is 3.24. The van der Waals surface area contributed by atoms with Crippen molar-refractivity contribution in [2.45, 2.75) is 37.1 Å². The van der Waals surface area contributed by atoms with Crippen LogP contribution >= 0.6 is 11.8 Å². The first-order valence-electron chi connectivity index (χ1n) is 6.95. The second-order valence-corrected chi connectivity index (χ2v) is 6.82. The molecule has 2 heterocycles. The zero-order valence-electron chi connectivity index (χ0n) is 12.7. The summed E-state index contributed by atoms with van der Waals surface area (Å²) in [5.41, 5.74) is 0.887. The molecule has 0 unspecified atom stereocenters. The van der Waals surface area contributed by atoms with E-state index in [2.05, 4.69) is 20.3 Å². The molecule has 0 spiro atoms. The van der Waals surface area contributed by atoms with Crippen LogP contribution in [-0.4, -0.2) is 24.9 Å². The third kappa shape index (κ3) is 3.19. The van der Waals surface area contributed by atoms with Gasteiger partial charge in [-0.05, 0) is 12.1 Å². The van der Waals surface area contributed by atoms with Crippen LogP contribution in [-0.2, 0) is 11.2 Å². The predicted molar refractivity (Wildman–Crippen MR) is 83.9 cm³/mol. The molecule has 0 N–H and O–H groups in total. The Morgan fingerprint density at radius 3 is 2.64 bits per heavy atom. The fraction of sp³-hybridized carbons (Fsp3) is 0.333. The van der Waals surface area contributed by atoms with Crippen LogP contribution in [0.4, 0.5) is 0 Å². The van der Waals surface area contributed by atoms with Gasteiger partial charge in [0.1, 0.15) is 6.33 Å². The number of nitrogens with zero attached hydrogens (tertiary/aromatic N) is 5. The van der Waals surface area contributed by atoms with E-state index >= 15 is 0 Å². The SMILES string of the molecule is CC(C)(C)c1nc(CSc2nncn2-c2ccccc2)no1. The van der Waals surface area contributed by atoms with Crippen molar-refractivity contribution in [3.05, 3.63) is 48.4 Å². The Bertz CT molecular complexity index is 745. The largest absolute Gasteiger partial charge is 0.339 e. The monoisotopic (exact) mass is 315 g/mol. The molecule has 114 valence electrons. The molecule has 3 rings (SSSR count). The average molecular weight is 315 g/mol. The van der Waals surface area contributed by atoms with Crippen molar-refractivity contribution in [2.24, 2.45) is 0 Å². The molecule has 0 radical (unpaired) electrons. The first kappa shape index (κ1) is 14.8. The lowest BCUT2D eigenvalue weighted by Crippen LogP contribution is -2.11. The molecule has 0 fully saturated rings. The molecule has 0 aliphatic rings. The summed E-state index contributed by atoms with van der Waals surface area (Å²) < 4.78 is 7.24. The van der Waals surface area contributed by atoms with Crippen molar-refractivity contribution < 1.29 is 4.52 Å². The molecular formula is C15H17N5OS. The Labute approximate surface area is 133 Å². The summed E-state index contributed by atoms with van der Waals surface area (Å²) in [6, 6.07) is 9.98. The highest BCUT2D eigenvalue weighted by Gasteiger charge is 2.22. The van der Waals surface area contributed by atoms with Gasteiger partial charge in [-0.1, -0.05) is 55.9 Å². The molecule has 0 aliphatic carbocycles. The highest BCUT2D eigenvalue weighted by atomic mass is 32.2. The van der Waals surface area contributed by atoms with E-state index in [0.717, 1.165) is 10.8 Å². The maximum Gasteiger partial charge on any atom is 0.232 e. The first-order valence-corrected chi connectivity index (χ1v) is 7.94. The molecule has 1 aromatic carbocycles. The molecule has 0 bridgehead atoms. The lowest BCUT2D eigenvalue weighted by atomic mass is 9.97. The number of para-hydroxylation sites is 1. The topological polar surface area (TPSA) is 69.6 Å². The second kappa shape index (κ2) is 5.92. The summed E-state index contributed by atoms with van der Waals surface area (Å²) in [5.74, 6) is 1.90. The first-order chi connectivity index (χ1) is 10.5. The summed E-state index contributed by atoms with van der Waals surface area (Å²) >= 11 is 1.53. The van der Waals surface area contributed by atoms with Crippen molar-refractivity contribution in [3.63, 3.8) is 0 Å². The zero-order valence-corrected chi connectivity index (χ0v) is 13.5. The van der Waals surface area contributed by atoms with Gasteiger partial charge in [-0.25, -0.2) is 0 Å². The van der Waals surface area contributed by atoms with Crippen LogP contribution in [0.2, 0.25) is 0 Å². The summed E-state index contributed by atoms with van der Waals surface area (Å²) in [5, 5.41) is 13.0. The fourth-order valence-corrected chi connectivity index (χ4v) is 2.61. The summed E-state index contributed by atoms with van der Waals surface area (Å²) in [6.07, 6.45) is 1.70. The van der Waals surface area contributed by atoms with Crippen LogP contribution in [0, 0.1) is 0 Å². The highest BCUT2D eigenvalue weighted by Crippen LogP contribution is 2.24. The van der Waals surface area contributed by atoms with Gasteiger partial charge in [-0.15, -0.1) is 10.2 Å². The van der Waals surface area contributed by atoms with Crippen molar-refractivity contribution >= 4 is 11.8 Å². The molecule has 0 atom stereocenters. The van der Waals surface area contributed by atoms with Crippen LogP contribution in [0.25, 0.3) is 5.69 Å². The van der Waals surface area contributed by atoms with Gasteiger partial charge < -0.3 is 4.52 Å². The van der Waals surface area contributed by atoms with Crippen molar-refractivity contribution in [1.29, 1.82) is 0 Å². The van der Waals surface area contributed by atoms with E-state index in [1.165, 1.54) is 11.8 Å². The summed E-state index contributed by atoms with van der Waals surface area (Å²) in [7, 11) is 0. The van der Waals surface area contributed by atoms with Gasteiger partial charge in [0.15, 0.2) is 11.0 Å². The molecular weight excluding hydrogens is 298 g/mol. The van der Waals surface area contributed by atoms with Crippen molar-refractivity contribution in [2.75, 3.05) is 0 Å². The average Bonchev–Trinajstić information content (AvgIpc) is 3.14. The number of hydrogen-bond donors (Lipinski definition) is 0. The van der Waals surface area contributed by atoms with Crippen molar-refractivity contribution in [3.8, 4) is 5.69 Å². The molecule has 2 aromatic heterocycles. The smallest absolute Gasteiger partial charge is 0.232 e. The third-order valence-corrected chi connectivity index (χ3v) is 3.93. The number of thioether (sulfide) groups is 1. The third-order valence-electron chi connectivity index (χ3n) is 2.99. The number of benzene rings is 1. The van der Waals surface area contributed by atoms with Crippen LogP contribution in [0.5, 0.6) is 0 Å². The van der Waals surface area contributed by atoms with Gasteiger partial charge in [0.2, 0.25) is 5.89 Å². The Kier molecular flexibility index (Phi) is 3.98. The minimum absolute atomic E-state index is 0.139. The maximum atomic E-state index is 5.30. The standard InChI is InChI=1S/C15H17N5OS/c1-15(2,3)13-17-12(19-21-13)9-22-14-18-16-10-20(14)11-7-5-4-6-8-11/h4-8,10H,9H2,1-3H3. The van der Waals surface area contributed by atoms with Gasteiger partial charge in [0.05, 0.1) is 5.75 Å². The van der Waals surface area contributed by atoms with Crippen LogP contribution in [0.3, 0.4) is 0 Å². The maximum absolute atomic E-state index is 5.30. The zero-order chi connectivity index (χ0) is 15.6. The Morgan fingerprint density at radius 2 is 1.95 bits per heavy atom. The van der Waals surface area contributed by atoms with E-state index in [-0.39, 0.29) is 5.41 Å². The molecule has 0 aliphatic heterocycles. The van der Waals surface area contributed by atoms with E-state index < -0.39 is 0 Å². The molecule has 6 nitrogen and oxygen atoms in total. The van der Waals surface area contributed by atoms with Crippen LogP contribution < -0.4 is 0 Å². The Morgan fingerprint density at radius 1 is 1.18 bits per heavy atom. The number of aromatic nitrogens is 5. The normalized spacial score (nSPS) is 11.8. The summed E-state index contributed by atoms with van der Waals surface area (Å²) in [4.78, 5) is 4.43. The van der Waals surface area contributed by atoms with Crippen LogP contribution in [0.1, 0.15) is 32.5 Å². The molecule has 0 saturated carbocycles. The van der Waals surface area contributed by atoms with Crippen LogP contribution in [0.15, 0.2) is 46.3 Å². The molecule has 22 heavy (non-hydrogen) atoms. The van der Waals surface area contributed by atoms with E-state index in [9.17, 15) is 0 Å². The second-order valence-electron chi connectivity index (χ2n) is 5.87. The number of hydrogen-bond acceptors (Lipinski definition) is 6. The quantitative estimate of drug-likeness (QED) is 0.688. The van der Waals surface area contributed by atoms with Gasteiger partial charge in [0.25, 0.3) is 0 Å². The molecule has 0 amide bonds. The Balaban J connectivity index is 1.73. The lowest BCUT2D eigenvalue weighted by molar-refractivity contribution is 0.319. The highest BCUT2D eigenvalue weighted by molar-refractivity contribution is 7.98. The summed E-state index contributed by atoms with van der Waals surface area (Å²) in [6.45, 7) is 6.14. The molecule has 7 heteroatoms. The van der Waals surface area contributed by atoms with E-state index in [1.54, 1.807) is 6.33 Å². The van der Waals surface area contributed by atoms with Gasteiger partial charge in [-0.2, -0.15) is 4.98 Å². The van der Waals surface area contributed by atoms with Gasteiger partial charge in [0, 0.05) is 11.1 Å². The van der Waals surface area contributed by atoms with Gasteiger partial charge >= 0.3 is 0 Å². The Hall–Kier alpha value is -2.15.